The van der Waals surface area contributed by atoms with Crippen LogP contribution in [0.5, 0.6) is 0 Å². The summed E-state index contributed by atoms with van der Waals surface area (Å²) in [4.78, 5) is 24.6. The van der Waals surface area contributed by atoms with Crippen molar-refractivity contribution in [3.8, 4) is 0 Å². The number of aryl methyl sites for hydroxylation is 1. The highest BCUT2D eigenvalue weighted by Gasteiger charge is 2.21. The van der Waals surface area contributed by atoms with Crippen LogP contribution in [0, 0.1) is 0 Å². The summed E-state index contributed by atoms with van der Waals surface area (Å²) >= 11 is 0. The average molecular weight is 315 g/mol. The van der Waals surface area contributed by atoms with E-state index in [-0.39, 0.29) is 23.8 Å². The van der Waals surface area contributed by atoms with Gasteiger partial charge in [-0.3, -0.25) is 9.48 Å². The number of esters is 1. The Hall–Kier alpha value is -2.63. The quantitative estimate of drug-likeness (QED) is 0.482. The van der Waals surface area contributed by atoms with Crippen LogP contribution < -0.4 is 5.73 Å². The lowest BCUT2D eigenvalue weighted by atomic mass is 10.1. The molecule has 0 amide bonds. The number of nitrogens with zero attached hydrogens (tertiary/aromatic N) is 2. The highest BCUT2D eigenvalue weighted by atomic mass is 16.5. The molecule has 0 atom stereocenters. The summed E-state index contributed by atoms with van der Waals surface area (Å²) in [5.41, 5.74) is 7.10. The topological polar surface area (TPSA) is 87.2 Å². The van der Waals surface area contributed by atoms with Crippen molar-refractivity contribution >= 4 is 17.4 Å². The zero-order valence-corrected chi connectivity index (χ0v) is 13.4. The molecule has 2 rings (SSSR count). The highest BCUT2D eigenvalue weighted by molar-refractivity contribution is 6.11. The van der Waals surface area contributed by atoms with Gasteiger partial charge in [0.25, 0.3) is 0 Å². The van der Waals surface area contributed by atoms with Gasteiger partial charge in [-0.15, -0.1) is 0 Å². The van der Waals surface area contributed by atoms with Gasteiger partial charge in [0.05, 0.1) is 6.61 Å². The maximum atomic E-state index is 12.6. The minimum atomic E-state index is -0.476. The molecule has 1 heterocycles. The maximum absolute atomic E-state index is 12.6. The number of benzene rings is 1. The van der Waals surface area contributed by atoms with Crippen LogP contribution in [-0.4, -0.2) is 28.1 Å². The fraction of sp³-hybridized carbons (Fsp3) is 0.353. The first-order valence-corrected chi connectivity index (χ1v) is 7.72. The minimum absolute atomic E-state index is 0.196. The molecular formula is C17H21N3O3. The molecule has 0 bridgehead atoms. The van der Waals surface area contributed by atoms with Gasteiger partial charge in [-0.2, -0.15) is 5.10 Å². The monoisotopic (exact) mass is 315 g/mol. The number of rotatable bonds is 7. The van der Waals surface area contributed by atoms with Crippen molar-refractivity contribution in [3.63, 3.8) is 0 Å². The number of hydrogen-bond donors (Lipinski definition) is 1. The largest absolute Gasteiger partial charge is 0.461 e. The summed E-state index contributed by atoms with van der Waals surface area (Å²) in [6.07, 6.45) is 1.81. The lowest BCUT2D eigenvalue weighted by molar-refractivity contribution is 0.0511. The van der Waals surface area contributed by atoms with E-state index in [1.54, 1.807) is 31.2 Å². The Morgan fingerprint density at radius 3 is 2.65 bits per heavy atom. The first-order valence-electron chi connectivity index (χ1n) is 7.72. The average Bonchev–Trinajstić information content (AvgIpc) is 2.97. The number of nitrogen functional groups attached to an aromatic ring is 1. The molecule has 122 valence electrons. The smallest absolute Gasteiger partial charge is 0.356 e. The lowest BCUT2D eigenvalue weighted by Gasteiger charge is -2.05. The van der Waals surface area contributed by atoms with Gasteiger partial charge in [-0.1, -0.05) is 25.5 Å². The normalized spacial score (nSPS) is 10.5. The third-order valence-corrected chi connectivity index (χ3v) is 3.43. The summed E-state index contributed by atoms with van der Waals surface area (Å²) in [6.45, 7) is 4.61. The van der Waals surface area contributed by atoms with Gasteiger partial charge in [0.1, 0.15) is 11.4 Å². The number of ketones is 1. The second-order valence-electron chi connectivity index (χ2n) is 5.13. The zero-order chi connectivity index (χ0) is 16.8. The van der Waals surface area contributed by atoms with Gasteiger partial charge in [-0.25, -0.2) is 4.79 Å². The molecule has 0 aliphatic heterocycles. The summed E-state index contributed by atoms with van der Waals surface area (Å²) in [7, 11) is 0. The molecule has 0 fully saturated rings. The molecule has 0 saturated carbocycles. The molecule has 0 radical (unpaired) electrons. The Bertz CT molecular complexity index is 707. The fourth-order valence-corrected chi connectivity index (χ4v) is 2.22. The Balaban J connectivity index is 2.37. The molecule has 1 aromatic heterocycles. The van der Waals surface area contributed by atoms with E-state index in [1.807, 2.05) is 6.92 Å². The van der Waals surface area contributed by atoms with Crippen LogP contribution in [0.2, 0.25) is 0 Å². The van der Waals surface area contributed by atoms with Crippen molar-refractivity contribution < 1.29 is 14.3 Å². The van der Waals surface area contributed by atoms with Crippen LogP contribution in [0.4, 0.5) is 5.69 Å². The van der Waals surface area contributed by atoms with Gasteiger partial charge >= 0.3 is 5.97 Å². The van der Waals surface area contributed by atoms with E-state index in [2.05, 4.69) is 5.10 Å². The van der Waals surface area contributed by atoms with Crippen molar-refractivity contribution in [2.24, 2.45) is 0 Å². The van der Waals surface area contributed by atoms with Crippen molar-refractivity contribution in [2.45, 2.75) is 33.2 Å². The van der Waals surface area contributed by atoms with Crippen LogP contribution in [0.3, 0.4) is 0 Å². The first-order chi connectivity index (χ1) is 11.1. The molecule has 6 heteroatoms. The summed E-state index contributed by atoms with van der Waals surface area (Å²) in [5, 5.41) is 4.28. The van der Waals surface area contributed by atoms with Gasteiger partial charge < -0.3 is 10.5 Å². The number of nitrogens with two attached hydrogens (primary N) is 1. The molecule has 6 nitrogen and oxygen atoms in total. The van der Waals surface area contributed by atoms with Crippen LogP contribution in [-0.2, 0) is 11.3 Å². The minimum Gasteiger partial charge on any atom is -0.461 e. The Kier molecular flexibility index (Phi) is 5.51. The highest BCUT2D eigenvalue weighted by Crippen LogP contribution is 2.17. The van der Waals surface area contributed by atoms with E-state index in [4.69, 9.17) is 10.5 Å². The van der Waals surface area contributed by atoms with E-state index >= 15 is 0 Å². The maximum Gasteiger partial charge on any atom is 0.356 e. The SMILES string of the molecule is CCCCn1nc(C(=O)c2ccccc2N)cc1C(=O)OCC. The Morgan fingerprint density at radius 2 is 2.00 bits per heavy atom. The fourth-order valence-electron chi connectivity index (χ4n) is 2.22. The number of unbranched alkanes of at least 4 members (excludes halogenated alkanes) is 1. The van der Waals surface area contributed by atoms with E-state index in [1.165, 1.54) is 10.7 Å². The van der Waals surface area contributed by atoms with E-state index in [0.29, 0.717) is 17.8 Å². The number of hydrogen-bond acceptors (Lipinski definition) is 5. The van der Waals surface area contributed by atoms with Gasteiger partial charge in [0.15, 0.2) is 0 Å². The van der Waals surface area contributed by atoms with Crippen molar-refractivity contribution in [3.05, 3.63) is 47.3 Å². The predicted molar refractivity (Wildman–Crippen MR) is 87.4 cm³/mol. The molecule has 1 aromatic carbocycles. The van der Waals surface area contributed by atoms with Crippen molar-refractivity contribution in [1.29, 1.82) is 0 Å². The van der Waals surface area contributed by atoms with E-state index in [9.17, 15) is 9.59 Å². The molecule has 0 aliphatic carbocycles. The van der Waals surface area contributed by atoms with Crippen molar-refractivity contribution in [2.75, 3.05) is 12.3 Å². The molecule has 0 saturated heterocycles. The van der Waals surface area contributed by atoms with Crippen LogP contribution >= 0.6 is 0 Å². The third kappa shape index (κ3) is 3.77. The van der Waals surface area contributed by atoms with Crippen molar-refractivity contribution in [1.82, 2.24) is 9.78 Å². The number of ether oxygens (including phenoxy) is 1. The Labute approximate surface area is 135 Å². The van der Waals surface area contributed by atoms with Crippen LogP contribution in [0.15, 0.2) is 30.3 Å². The number of aromatic nitrogens is 2. The summed E-state index contributed by atoms with van der Waals surface area (Å²) < 4.78 is 6.57. The predicted octanol–water partition coefficient (Wildman–Crippen LogP) is 2.67. The van der Waals surface area contributed by atoms with Gasteiger partial charge in [0.2, 0.25) is 5.78 Å². The standard InChI is InChI=1S/C17H21N3O3/c1-3-5-10-20-15(17(22)23-4-2)11-14(19-20)16(21)12-8-6-7-9-13(12)18/h6-9,11H,3-5,10,18H2,1-2H3. The summed E-state index contributed by atoms with van der Waals surface area (Å²) in [6, 6.07) is 8.28. The molecule has 2 N–H and O–H groups in total. The van der Waals surface area contributed by atoms with Gasteiger partial charge in [-0.05, 0) is 25.5 Å². The van der Waals surface area contributed by atoms with Crippen LogP contribution in [0.1, 0.15) is 53.2 Å². The number of para-hydroxylation sites is 1. The number of anilines is 1. The lowest BCUT2D eigenvalue weighted by Crippen LogP contribution is -2.13. The third-order valence-electron chi connectivity index (χ3n) is 3.43. The first kappa shape index (κ1) is 16.7. The molecular weight excluding hydrogens is 294 g/mol. The molecule has 23 heavy (non-hydrogen) atoms. The molecule has 2 aromatic rings. The van der Waals surface area contributed by atoms with Gasteiger partial charge in [0, 0.05) is 23.9 Å². The molecule has 0 spiro atoms. The van der Waals surface area contributed by atoms with E-state index in [0.717, 1.165) is 12.8 Å². The Morgan fingerprint density at radius 1 is 1.26 bits per heavy atom. The second kappa shape index (κ2) is 7.58. The number of carbonyl (C=O) groups is 2. The summed E-state index contributed by atoms with van der Waals surface area (Å²) in [5.74, 6) is -0.778. The second-order valence-corrected chi connectivity index (χ2v) is 5.13. The molecule has 0 unspecified atom stereocenters. The van der Waals surface area contributed by atoms with E-state index < -0.39 is 5.97 Å². The van der Waals surface area contributed by atoms with Crippen LogP contribution in [0.25, 0.3) is 0 Å². The molecule has 0 aliphatic rings. The number of carbonyl (C=O) groups excluding carboxylic acids is 2. The zero-order valence-electron chi connectivity index (χ0n) is 13.4.